The smallest absolute Gasteiger partial charge is 0.248 e. The van der Waals surface area contributed by atoms with Gasteiger partial charge in [-0.3, -0.25) is 9.78 Å². The highest BCUT2D eigenvalue weighted by atomic mass is 35.5. The zero-order valence-electron chi connectivity index (χ0n) is 11.7. The number of rotatable bonds is 2. The van der Waals surface area contributed by atoms with Crippen LogP contribution in [0.3, 0.4) is 0 Å². The average Bonchev–Trinajstić information content (AvgIpc) is 2.49. The first-order chi connectivity index (χ1) is 10.1. The summed E-state index contributed by atoms with van der Waals surface area (Å²) in [6.07, 6.45) is 2.50. The van der Waals surface area contributed by atoms with Crippen LogP contribution in [0.2, 0.25) is 5.02 Å². The highest BCUT2D eigenvalue weighted by Crippen LogP contribution is 2.36. The van der Waals surface area contributed by atoms with Gasteiger partial charge in [0.05, 0.1) is 17.7 Å². The van der Waals surface area contributed by atoms with Gasteiger partial charge in [-0.25, -0.2) is 4.39 Å². The van der Waals surface area contributed by atoms with E-state index in [2.05, 4.69) is 4.98 Å². The van der Waals surface area contributed by atoms with Crippen molar-refractivity contribution in [1.82, 2.24) is 9.88 Å². The molecule has 2 fully saturated rings. The Hall–Kier alpha value is -1.20. The summed E-state index contributed by atoms with van der Waals surface area (Å²) in [5, 5.41) is 0.586. The normalized spacial score (nSPS) is 30.5. The van der Waals surface area contributed by atoms with E-state index in [0.717, 1.165) is 12.1 Å². The number of morpholine rings is 1. The Morgan fingerprint density at radius 2 is 2.24 bits per heavy atom. The van der Waals surface area contributed by atoms with Gasteiger partial charge in [-0.2, -0.15) is 0 Å². The number of hydrogen-bond acceptors (Lipinski definition) is 3. The Labute approximate surface area is 128 Å². The quantitative estimate of drug-likeness (QED) is 0.843. The van der Waals surface area contributed by atoms with Gasteiger partial charge in [-0.05, 0) is 31.4 Å². The lowest BCUT2D eigenvalue weighted by atomic mass is 9.82. The third-order valence-corrected chi connectivity index (χ3v) is 4.55. The molecule has 1 aliphatic heterocycles. The van der Waals surface area contributed by atoms with E-state index in [1.54, 1.807) is 17.2 Å². The van der Waals surface area contributed by atoms with Crippen molar-refractivity contribution in [3.63, 3.8) is 0 Å². The van der Waals surface area contributed by atoms with Crippen molar-refractivity contribution in [2.45, 2.75) is 37.4 Å². The molecule has 3 rings (SSSR count). The van der Waals surface area contributed by atoms with Crippen LogP contribution < -0.4 is 0 Å². The second kappa shape index (κ2) is 6.28. The molecule has 0 aromatic carbocycles. The number of alkyl halides is 1. The van der Waals surface area contributed by atoms with Gasteiger partial charge in [-0.1, -0.05) is 11.6 Å². The molecule has 0 radical (unpaired) electrons. The van der Waals surface area contributed by atoms with Crippen molar-refractivity contribution in [2.24, 2.45) is 0 Å². The molecule has 1 saturated carbocycles. The van der Waals surface area contributed by atoms with Gasteiger partial charge in [0.15, 0.2) is 0 Å². The molecule has 3 atom stereocenters. The lowest BCUT2D eigenvalue weighted by Crippen LogP contribution is -2.52. The Kier molecular flexibility index (Phi) is 4.40. The number of amides is 1. The Balaban J connectivity index is 1.66. The zero-order chi connectivity index (χ0) is 14.8. The van der Waals surface area contributed by atoms with Gasteiger partial charge in [0.2, 0.25) is 5.91 Å². The molecule has 2 heterocycles. The van der Waals surface area contributed by atoms with Crippen LogP contribution in [0, 0.1) is 0 Å². The monoisotopic (exact) mass is 312 g/mol. The number of carbonyl (C=O) groups excluding carboxylic acids is 1. The fraction of sp³-hybridized carbons (Fsp3) is 0.600. The molecule has 1 aromatic heterocycles. The average molecular weight is 313 g/mol. The molecule has 0 N–H and O–H groups in total. The molecular formula is C15H18ClFN2O2. The topological polar surface area (TPSA) is 42.4 Å². The molecule has 0 spiro atoms. The van der Waals surface area contributed by atoms with E-state index in [-0.39, 0.29) is 24.5 Å². The lowest BCUT2D eigenvalue weighted by Gasteiger charge is -2.40. The minimum absolute atomic E-state index is 0.0748. The SMILES string of the molecule is O=C1COCCN1C1CCC(c2ccc(Cl)cn2)CC1F. The Morgan fingerprint density at radius 3 is 2.90 bits per heavy atom. The number of hydrogen-bond donors (Lipinski definition) is 0. The van der Waals surface area contributed by atoms with Gasteiger partial charge >= 0.3 is 0 Å². The van der Waals surface area contributed by atoms with Crippen LogP contribution >= 0.6 is 11.6 Å². The number of nitrogens with zero attached hydrogens (tertiary/aromatic N) is 2. The first-order valence-corrected chi connectivity index (χ1v) is 7.65. The molecule has 0 bridgehead atoms. The van der Waals surface area contributed by atoms with Crippen molar-refractivity contribution < 1.29 is 13.9 Å². The largest absolute Gasteiger partial charge is 0.370 e. The van der Waals surface area contributed by atoms with Gasteiger partial charge in [0.25, 0.3) is 0 Å². The third-order valence-electron chi connectivity index (χ3n) is 4.33. The maximum atomic E-state index is 14.5. The molecule has 21 heavy (non-hydrogen) atoms. The summed E-state index contributed by atoms with van der Waals surface area (Å²) >= 11 is 5.83. The molecule has 2 aliphatic rings. The van der Waals surface area contributed by atoms with E-state index in [0.29, 0.717) is 31.0 Å². The molecule has 3 unspecified atom stereocenters. The van der Waals surface area contributed by atoms with Crippen molar-refractivity contribution in [3.05, 3.63) is 29.0 Å². The van der Waals surface area contributed by atoms with Gasteiger partial charge in [0.1, 0.15) is 12.8 Å². The van der Waals surface area contributed by atoms with E-state index in [1.807, 2.05) is 6.07 Å². The Morgan fingerprint density at radius 1 is 1.38 bits per heavy atom. The molecule has 1 saturated heterocycles. The Bertz CT molecular complexity index is 511. The predicted octanol–water partition coefficient (Wildman–Crippen LogP) is 2.57. The second-order valence-electron chi connectivity index (χ2n) is 5.63. The minimum Gasteiger partial charge on any atom is -0.370 e. The number of aromatic nitrogens is 1. The molecule has 1 aliphatic carbocycles. The molecule has 1 aromatic rings. The summed E-state index contributed by atoms with van der Waals surface area (Å²) < 4.78 is 19.6. The van der Waals surface area contributed by atoms with Crippen LogP contribution in [0.4, 0.5) is 4.39 Å². The number of pyridine rings is 1. The summed E-state index contributed by atoms with van der Waals surface area (Å²) in [6.45, 7) is 1.07. The molecule has 6 heteroatoms. The molecule has 4 nitrogen and oxygen atoms in total. The summed E-state index contributed by atoms with van der Waals surface area (Å²) in [5.74, 6) is 0.00151. The summed E-state index contributed by atoms with van der Waals surface area (Å²) in [4.78, 5) is 17.8. The van der Waals surface area contributed by atoms with E-state index in [4.69, 9.17) is 16.3 Å². The van der Waals surface area contributed by atoms with Crippen LogP contribution in [0.15, 0.2) is 18.3 Å². The highest BCUT2D eigenvalue weighted by Gasteiger charge is 2.38. The van der Waals surface area contributed by atoms with Crippen molar-refractivity contribution in [2.75, 3.05) is 19.8 Å². The number of carbonyl (C=O) groups is 1. The molecule has 1 amide bonds. The maximum Gasteiger partial charge on any atom is 0.248 e. The second-order valence-corrected chi connectivity index (χ2v) is 6.07. The third kappa shape index (κ3) is 3.19. The first kappa shape index (κ1) is 14.7. The first-order valence-electron chi connectivity index (χ1n) is 7.28. The van der Waals surface area contributed by atoms with Crippen LogP contribution in [-0.2, 0) is 9.53 Å². The molecular weight excluding hydrogens is 295 g/mol. The van der Waals surface area contributed by atoms with Gasteiger partial charge in [0, 0.05) is 24.4 Å². The minimum atomic E-state index is -1.01. The lowest BCUT2D eigenvalue weighted by molar-refractivity contribution is -0.148. The van der Waals surface area contributed by atoms with Crippen molar-refractivity contribution in [3.8, 4) is 0 Å². The van der Waals surface area contributed by atoms with Crippen LogP contribution in [0.5, 0.6) is 0 Å². The maximum absolute atomic E-state index is 14.5. The summed E-state index contributed by atoms with van der Waals surface area (Å²) in [6, 6.07) is 3.33. The summed E-state index contributed by atoms with van der Waals surface area (Å²) in [7, 11) is 0. The number of ether oxygens (including phenoxy) is 1. The van der Waals surface area contributed by atoms with Crippen LogP contribution in [0.25, 0.3) is 0 Å². The van der Waals surface area contributed by atoms with Crippen molar-refractivity contribution >= 4 is 17.5 Å². The number of halogens is 2. The van der Waals surface area contributed by atoms with Gasteiger partial charge in [-0.15, -0.1) is 0 Å². The predicted molar refractivity (Wildman–Crippen MR) is 77.1 cm³/mol. The van der Waals surface area contributed by atoms with E-state index < -0.39 is 6.17 Å². The van der Waals surface area contributed by atoms with Crippen molar-refractivity contribution in [1.29, 1.82) is 0 Å². The zero-order valence-corrected chi connectivity index (χ0v) is 12.4. The van der Waals surface area contributed by atoms with Crippen LogP contribution in [0.1, 0.15) is 30.9 Å². The van der Waals surface area contributed by atoms with Gasteiger partial charge < -0.3 is 9.64 Å². The fourth-order valence-electron chi connectivity index (χ4n) is 3.23. The van der Waals surface area contributed by atoms with Crippen LogP contribution in [-0.4, -0.2) is 47.8 Å². The van der Waals surface area contributed by atoms with E-state index in [9.17, 15) is 9.18 Å². The highest BCUT2D eigenvalue weighted by molar-refractivity contribution is 6.30. The standard InChI is InChI=1S/C15H18ClFN2O2/c16-11-2-3-13(18-8-11)10-1-4-14(12(17)7-10)19-5-6-21-9-15(19)20/h2-3,8,10,12,14H,1,4-7,9H2. The van der Waals surface area contributed by atoms with E-state index in [1.165, 1.54) is 0 Å². The summed E-state index contributed by atoms with van der Waals surface area (Å²) in [5.41, 5.74) is 0.883. The van der Waals surface area contributed by atoms with E-state index >= 15 is 0 Å². The fourth-order valence-corrected chi connectivity index (χ4v) is 3.34. The molecule has 114 valence electrons.